The average molecular weight is 146 g/mol. The SMILES string of the molecule is C=CC(S)[14CH2]CCCC. The summed E-state index contributed by atoms with van der Waals surface area (Å²) in [4.78, 5) is 0. The van der Waals surface area contributed by atoms with E-state index in [0.29, 0.717) is 5.25 Å². The molecule has 0 radical (unpaired) electrons. The minimum atomic E-state index is 0.413. The van der Waals surface area contributed by atoms with Crippen molar-refractivity contribution < 1.29 is 0 Å². The predicted molar refractivity (Wildman–Crippen MR) is 47.1 cm³/mol. The maximum atomic E-state index is 4.28. The van der Waals surface area contributed by atoms with Crippen molar-refractivity contribution in [1.82, 2.24) is 0 Å². The first-order valence-electron chi connectivity index (χ1n) is 3.62. The number of thiol groups is 1. The molecule has 0 aromatic heterocycles. The second kappa shape index (κ2) is 6.21. The predicted octanol–water partition coefficient (Wildman–Crippen LogP) is 3.05. The van der Waals surface area contributed by atoms with Gasteiger partial charge in [0.25, 0.3) is 0 Å². The minimum Gasteiger partial charge on any atom is -0.172 e. The highest BCUT2D eigenvalue weighted by Gasteiger charge is 1.94. The Labute approximate surface area is 63.8 Å². The van der Waals surface area contributed by atoms with E-state index >= 15 is 0 Å². The molecule has 0 nitrogen and oxygen atoms in total. The third kappa shape index (κ3) is 5.97. The van der Waals surface area contributed by atoms with Crippen molar-refractivity contribution in [2.24, 2.45) is 0 Å². The Hall–Kier alpha value is 0.0900. The molecule has 0 fully saturated rings. The van der Waals surface area contributed by atoms with Crippen LogP contribution in [-0.4, -0.2) is 5.25 Å². The molecule has 0 aliphatic rings. The third-order valence-corrected chi connectivity index (χ3v) is 1.84. The number of hydrogen-bond donors (Lipinski definition) is 1. The van der Waals surface area contributed by atoms with Gasteiger partial charge in [-0.15, -0.1) is 6.58 Å². The van der Waals surface area contributed by atoms with E-state index in [1.54, 1.807) is 0 Å². The zero-order valence-corrected chi connectivity index (χ0v) is 7.03. The average Bonchev–Trinajstić information content (AvgIpc) is 1.89. The monoisotopic (exact) mass is 146 g/mol. The van der Waals surface area contributed by atoms with Crippen LogP contribution in [0.1, 0.15) is 32.6 Å². The first-order chi connectivity index (χ1) is 4.31. The molecule has 0 aromatic rings. The molecule has 0 bridgehead atoms. The van der Waals surface area contributed by atoms with E-state index in [-0.39, 0.29) is 0 Å². The quantitative estimate of drug-likeness (QED) is 0.344. The fourth-order valence-electron chi connectivity index (χ4n) is 0.721. The molecule has 0 amide bonds. The van der Waals surface area contributed by atoms with Crippen molar-refractivity contribution in [2.75, 3.05) is 0 Å². The molecule has 0 aliphatic carbocycles. The minimum absolute atomic E-state index is 0.413. The highest BCUT2D eigenvalue weighted by Crippen LogP contribution is 2.08. The summed E-state index contributed by atoms with van der Waals surface area (Å²) in [6, 6.07) is 0. The zero-order valence-electron chi connectivity index (χ0n) is 6.14. The summed E-state index contributed by atoms with van der Waals surface area (Å²) in [5.41, 5.74) is 0. The van der Waals surface area contributed by atoms with Gasteiger partial charge in [-0.25, -0.2) is 0 Å². The largest absolute Gasteiger partial charge is 0.172 e. The van der Waals surface area contributed by atoms with Gasteiger partial charge in [0, 0.05) is 5.25 Å². The molecule has 0 saturated heterocycles. The first-order valence-corrected chi connectivity index (χ1v) is 4.13. The van der Waals surface area contributed by atoms with E-state index in [2.05, 4.69) is 26.1 Å². The fraction of sp³-hybridized carbons (Fsp3) is 0.750. The van der Waals surface area contributed by atoms with Gasteiger partial charge in [-0.3, -0.25) is 0 Å². The summed E-state index contributed by atoms with van der Waals surface area (Å²) in [6.07, 6.45) is 6.98. The molecule has 0 aromatic carbocycles. The molecular weight excluding hydrogens is 130 g/mol. The first kappa shape index (κ1) is 9.09. The molecule has 0 aliphatic heterocycles. The second-order valence-corrected chi connectivity index (χ2v) is 2.96. The summed E-state index contributed by atoms with van der Waals surface area (Å²) < 4.78 is 0. The molecule has 9 heavy (non-hydrogen) atoms. The lowest BCUT2D eigenvalue weighted by atomic mass is 10.3. The molecule has 54 valence electrons. The Morgan fingerprint density at radius 2 is 2.44 bits per heavy atom. The van der Waals surface area contributed by atoms with Crippen LogP contribution in [0.15, 0.2) is 12.7 Å². The van der Waals surface area contributed by atoms with Gasteiger partial charge < -0.3 is 0 Å². The van der Waals surface area contributed by atoms with Crippen LogP contribution in [0.25, 0.3) is 0 Å². The Morgan fingerprint density at radius 1 is 1.78 bits per heavy atom. The van der Waals surface area contributed by atoms with E-state index in [4.69, 9.17) is 0 Å². The van der Waals surface area contributed by atoms with Crippen molar-refractivity contribution in [2.45, 2.75) is 37.9 Å². The van der Waals surface area contributed by atoms with Gasteiger partial charge in [0.2, 0.25) is 0 Å². The molecule has 0 rings (SSSR count). The van der Waals surface area contributed by atoms with Crippen molar-refractivity contribution in [3.05, 3.63) is 12.7 Å². The van der Waals surface area contributed by atoms with Crippen LogP contribution < -0.4 is 0 Å². The van der Waals surface area contributed by atoms with Gasteiger partial charge in [0.05, 0.1) is 0 Å². The number of rotatable bonds is 5. The lowest BCUT2D eigenvalue weighted by molar-refractivity contribution is 0.682. The molecule has 1 unspecified atom stereocenters. The summed E-state index contributed by atoms with van der Waals surface area (Å²) in [6.45, 7) is 5.87. The highest BCUT2D eigenvalue weighted by atomic mass is 32.1. The fourth-order valence-corrected chi connectivity index (χ4v) is 0.904. The van der Waals surface area contributed by atoms with Gasteiger partial charge >= 0.3 is 0 Å². The van der Waals surface area contributed by atoms with Gasteiger partial charge in [0.15, 0.2) is 0 Å². The van der Waals surface area contributed by atoms with Gasteiger partial charge in [-0.05, 0) is 6.42 Å². The molecule has 0 heterocycles. The van der Waals surface area contributed by atoms with Crippen LogP contribution in [0, 0.1) is 0 Å². The molecule has 1 atom stereocenters. The summed E-state index contributed by atoms with van der Waals surface area (Å²) in [5.74, 6) is 0. The van der Waals surface area contributed by atoms with E-state index < -0.39 is 0 Å². The molecular formula is C8H16S. The van der Waals surface area contributed by atoms with E-state index in [0.717, 1.165) is 0 Å². The number of unbranched alkanes of at least 4 members (excludes halogenated alkanes) is 2. The van der Waals surface area contributed by atoms with E-state index in [1.807, 2.05) is 6.08 Å². The summed E-state index contributed by atoms with van der Waals surface area (Å²) in [7, 11) is 0. The van der Waals surface area contributed by atoms with E-state index in [9.17, 15) is 0 Å². The van der Waals surface area contributed by atoms with Crippen LogP contribution >= 0.6 is 12.6 Å². The van der Waals surface area contributed by atoms with Crippen LogP contribution in [0.5, 0.6) is 0 Å². The van der Waals surface area contributed by atoms with Crippen molar-refractivity contribution in [3.63, 3.8) is 0 Å². The van der Waals surface area contributed by atoms with Crippen molar-refractivity contribution >= 4 is 12.6 Å². The number of hydrogen-bond acceptors (Lipinski definition) is 1. The summed E-state index contributed by atoms with van der Waals surface area (Å²) in [5, 5.41) is 0.413. The molecule has 0 spiro atoms. The molecule has 1 heteroatoms. The summed E-state index contributed by atoms with van der Waals surface area (Å²) >= 11 is 4.28. The lowest BCUT2D eigenvalue weighted by Crippen LogP contribution is -1.91. The maximum absolute atomic E-state index is 4.28. The Bertz CT molecular complexity index is 69.0. The Morgan fingerprint density at radius 3 is 2.89 bits per heavy atom. The third-order valence-electron chi connectivity index (χ3n) is 1.38. The van der Waals surface area contributed by atoms with Crippen LogP contribution in [0.2, 0.25) is 0 Å². The van der Waals surface area contributed by atoms with Gasteiger partial charge in [-0.2, -0.15) is 12.6 Å². The van der Waals surface area contributed by atoms with Crippen molar-refractivity contribution in [3.8, 4) is 0 Å². The van der Waals surface area contributed by atoms with Crippen molar-refractivity contribution in [1.29, 1.82) is 0 Å². The highest BCUT2D eigenvalue weighted by molar-refractivity contribution is 7.81. The zero-order chi connectivity index (χ0) is 7.11. The van der Waals surface area contributed by atoms with Crippen LogP contribution in [0.3, 0.4) is 0 Å². The Kier molecular flexibility index (Phi) is 6.28. The second-order valence-electron chi connectivity index (χ2n) is 2.30. The normalized spacial score (nSPS) is 13.1. The topological polar surface area (TPSA) is 0 Å². The molecule has 0 N–H and O–H groups in total. The molecule has 0 saturated carbocycles. The van der Waals surface area contributed by atoms with Crippen LogP contribution in [0.4, 0.5) is 0 Å². The van der Waals surface area contributed by atoms with Gasteiger partial charge in [-0.1, -0.05) is 32.3 Å². The Balaban J connectivity index is 2.96. The standard InChI is InChI=1S/C8H16S/c1-3-5-6-7-8(9)4-2/h4,8-9H,2-3,5-7H2,1H3/i7+2. The van der Waals surface area contributed by atoms with E-state index in [1.165, 1.54) is 25.7 Å². The lowest BCUT2D eigenvalue weighted by Gasteiger charge is -2.01. The maximum Gasteiger partial charge on any atom is 0.0194 e. The van der Waals surface area contributed by atoms with Gasteiger partial charge in [0.1, 0.15) is 0 Å². The van der Waals surface area contributed by atoms with Crippen LogP contribution in [-0.2, 0) is 0 Å². The smallest absolute Gasteiger partial charge is 0.0194 e.